The molecule has 0 aromatic carbocycles. The van der Waals surface area contributed by atoms with Crippen LogP contribution in [0.5, 0.6) is 0 Å². The van der Waals surface area contributed by atoms with Crippen molar-refractivity contribution in [3.05, 3.63) is 9.50 Å². The number of hydrogen-bond acceptors (Lipinski definition) is 2. The van der Waals surface area contributed by atoms with Gasteiger partial charge in [-0.2, -0.15) is 0 Å². The summed E-state index contributed by atoms with van der Waals surface area (Å²) in [4.78, 5) is 11.8. The molecule has 0 fully saturated rings. The van der Waals surface area contributed by atoms with Crippen LogP contribution in [0.15, 0.2) is 9.50 Å². The Kier molecular flexibility index (Phi) is 10.0. The Morgan fingerprint density at radius 1 is 1.29 bits per heavy atom. The molecule has 0 aliphatic heterocycles. The molecule has 0 heterocycles. The number of halogens is 1. The van der Waals surface area contributed by atoms with E-state index in [4.69, 9.17) is 16.3 Å². The predicted molar refractivity (Wildman–Crippen MR) is 74.5 cm³/mol. The molecule has 0 saturated heterocycles. The van der Waals surface area contributed by atoms with E-state index in [1.807, 2.05) is 19.7 Å². The molecule has 0 amide bonds. The minimum absolute atomic E-state index is 0.0793. The summed E-state index contributed by atoms with van der Waals surface area (Å²) >= 11 is 6.29. The fraction of sp³-hybridized carbons (Fsp3) is 0.769. The van der Waals surface area contributed by atoms with Gasteiger partial charge in [0.1, 0.15) is 0 Å². The summed E-state index contributed by atoms with van der Waals surface area (Å²) in [5.41, 5.74) is 0. The van der Waals surface area contributed by atoms with Crippen LogP contribution >= 0.6 is 11.6 Å². The normalized spacial score (nSPS) is 12.6. The van der Waals surface area contributed by atoms with Gasteiger partial charge in [-0.25, -0.2) is 0 Å². The maximum atomic E-state index is 11.8. The van der Waals surface area contributed by atoms with Gasteiger partial charge in [0.05, 0.1) is 0 Å². The van der Waals surface area contributed by atoms with Crippen molar-refractivity contribution in [2.45, 2.75) is 64.8 Å². The first-order valence-corrected chi connectivity index (χ1v) is 9.11. The zero-order chi connectivity index (χ0) is 13.3. The second-order valence-corrected chi connectivity index (χ2v) is 6.37. The molecule has 0 N–H and O–H groups in total. The molecule has 17 heavy (non-hydrogen) atoms. The number of carbonyl (C=O) groups is 1. The predicted octanol–water partition coefficient (Wildman–Crippen LogP) is 4.11. The van der Waals surface area contributed by atoms with E-state index >= 15 is 0 Å². The monoisotopic (exact) mass is 326 g/mol. The summed E-state index contributed by atoms with van der Waals surface area (Å²) in [5.74, 6) is 1.77. The molecule has 0 rings (SSSR count). The van der Waals surface area contributed by atoms with Crippen LogP contribution in [0.25, 0.3) is 0 Å². The fourth-order valence-corrected chi connectivity index (χ4v) is 3.13. The molecule has 0 bridgehead atoms. The molecule has 0 aliphatic carbocycles. The van der Waals surface area contributed by atoms with Crippen molar-refractivity contribution < 1.29 is 9.53 Å². The van der Waals surface area contributed by atoms with E-state index in [-0.39, 0.29) is 27.0 Å². The number of hydrogen-bond donors (Lipinski definition) is 0. The van der Waals surface area contributed by atoms with Crippen molar-refractivity contribution in [1.29, 1.82) is 0 Å². The number of esters is 1. The van der Waals surface area contributed by atoms with Crippen molar-refractivity contribution in [1.82, 2.24) is 0 Å². The van der Waals surface area contributed by atoms with Gasteiger partial charge < -0.3 is 0 Å². The van der Waals surface area contributed by atoms with Crippen molar-refractivity contribution in [3.8, 4) is 0 Å². The van der Waals surface area contributed by atoms with Crippen LogP contribution in [0.3, 0.4) is 0 Å². The van der Waals surface area contributed by atoms with Gasteiger partial charge in [0.15, 0.2) is 0 Å². The molecule has 4 heteroatoms. The third-order valence-corrected chi connectivity index (χ3v) is 4.58. The summed E-state index contributed by atoms with van der Waals surface area (Å²) in [6.07, 6.45) is 5.40. The van der Waals surface area contributed by atoms with E-state index in [0.717, 1.165) is 12.8 Å². The van der Waals surface area contributed by atoms with E-state index in [2.05, 4.69) is 6.92 Å². The van der Waals surface area contributed by atoms with Gasteiger partial charge in [-0.1, -0.05) is 0 Å². The Bertz CT molecular complexity index is 262. The second-order valence-electron chi connectivity index (χ2n) is 4.20. The molecule has 0 atom stereocenters. The molecule has 0 aromatic rings. The molecule has 0 radical (unpaired) electrons. The van der Waals surface area contributed by atoms with Crippen LogP contribution in [0, 0.1) is 0 Å². The van der Waals surface area contributed by atoms with Gasteiger partial charge in [-0.3, -0.25) is 0 Å². The van der Waals surface area contributed by atoms with Crippen LogP contribution in [-0.2, 0) is 9.53 Å². The zero-order valence-electron chi connectivity index (χ0n) is 11.2. The maximum absolute atomic E-state index is 11.8. The SMILES string of the molecule is CCCCCC/C(Cl)=C(\[Se]C)C(=O)OC(C)C. The zero-order valence-corrected chi connectivity index (χ0v) is 13.7. The number of unbranched alkanes of at least 4 members (excludes halogenated alkanes) is 3. The first kappa shape index (κ1) is 17.0. The molecule has 2 nitrogen and oxygen atoms in total. The fourth-order valence-electron chi connectivity index (χ4n) is 1.39. The van der Waals surface area contributed by atoms with E-state index < -0.39 is 0 Å². The van der Waals surface area contributed by atoms with Crippen molar-refractivity contribution in [3.63, 3.8) is 0 Å². The quantitative estimate of drug-likeness (QED) is 0.290. The Labute approximate surface area is 116 Å². The van der Waals surface area contributed by atoms with Crippen LogP contribution in [0.4, 0.5) is 0 Å². The standard InChI is InChI=1S/C13H23ClO2Se/c1-5-6-7-8-9-11(14)12(17-4)13(15)16-10(2)3/h10H,5-9H2,1-4H3/b12-11+. The molecule has 100 valence electrons. The minimum atomic E-state index is -0.233. The van der Waals surface area contributed by atoms with Gasteiger partial charge in [0.25, 0.3) is 0 Å². The molecule has 0 aromatic heterocycles. The van der Waals surface area contributed by atoms with E-state index in [9.17, 15) is 4.79 Å². The van der Waals surface area contributed by atoms with Crippen LogP contribution < -0.4 is 0 Å². The van der Waals surface area contributed by atoms with E-state index in [1.165, 1.54) is 19.3 Å². The van der Waals surface area contributed by atoms with Gasteiger partial charge in [0, 0.05) is 0 Å². The van der Waals surface area contributed by atoms with Crippen LogP contribution in [-0.4, -0.2) is 27.0 Å². The van der Waals surface area contributed by atoms with Gasteiger partial charge >= 0.3 is 116 Å². The Hall–Kier alpha value is 0.0195. The van der Waals surface area contributed by atoms with Gasteiger partial charge in [-0.15, -0.1) is 0 Å². The van der Waals surface area contributed by atoms with E-state index in [0.29, 0.717) is 9.50 Å². The summed E-state index contributed by atoms with van der Waals surface area (Å²) < 4.78 is 5.88. The summed E-state index contributed by atoms with van der Waals surface area (Å²) in [6.45, 7) is 5.89. The summed E-state index contributed by atoms with van der Waals surface area (Å²) in [6, 6.07) is 0. The Morgan fingerprint density at radius 2 is 1.94 bits per heavy atom. The molecular formula is C13H23ClO2Se. The van der Waals surface area contributed by atoms with Crippen molar-refractivity contribution in [2.24, 2.45) is 0 Å². The first-order valence-electron chi connectivity index (χ1n) is 6.16. The van der Waals surface area contributed by atoms with Crippen LogP contribution in [0.1, 0.15) is 52.9 Å². The average molecular weight is 326 g/mol. The molecule has 0 unspecified atom stereocenters. The van der Waals surface area contributed by atoms with Gasteiger partial charge in [0.2, 0.25) is 0 Å². The summed E-state index contributed by atoms with van der Waals surface area (Å²) in [7, 11) is 0. The Morgan fingerprint density at radius 3 is 2.41 bits per heavy atom. The average Bonchev–Trinajstić information content (AvgIpc) is 2.24. The van der Waals surface area contributed by atoms with Gasteiger partial charge in [-0.05, 0) is 0 Å². The summed E-state index contributed by atoms with van der Waals surface area (Å²) in [5, 5.41) is 0.703. The van der Waals surface area contributed by atoms with Crippen molar-refractivity contribution in [2.75, 3.05) is 0 Å². The number of ether oxygens (including phenoxy) is 1. The van der Waals surface area contributed by atoms with E-state index in [1.54, 1.807) is 0 Å². The van der Waals surface area contributed by atoms with Crippen LogP contribution in [0.2, 0.25) is 5.82 Å². The second kappa shape index (κ2) is 9.99. The topological polar surface area (TPSA) is 26.3 Å². The number of allylic oxidation sites excluding steroid dienone is 1. The third-order valence-electron chi connectivity index (χ3n) is 2.23. The third kappa shape index (κ3) is 7.86. The molecule has 0 spiro atoms. The molecular weight excluding hydrogens is 303 g/mol. The number of rotatable bonds is 8. The van der Waals surface area contributed by atoms with Crippen molar-refractivity contribution >= 4 is 32.5 Å². The first-order chi connectivity index (χ1) is 8.02. The molecule has 0 saturated carbocycles. The Balaban J connectivity index is 4.32. The molecule has 0 aliphatic rings. The number of carbonyl (C=O) groups excluding carboxylic acids is 1.